The molecule has 32 heavy (non-hydrogen) atoms. The summed E-state index contributed by atoms with van der Waals surface area (Å²) in [7, 11) is 1.56. The van der Waals surface area contributed by atoms with E-state index < -0.39 is 0 Å². The molecule has 0 unspecified atom stereocenters. The van der Waals surface area contributed by atoms with E-state index in [0.717, 1.165) is 22.4 Å². The maximum Gasteiger partial charge on any atom is 0.270 e. The van der Waals surface area contributed by atoms with E-state index in [1.54, 1.807) is 25.3 Å². The molecule has 1 heterocycles. The van der Waals surface area contributed by atoms with E-state index in [1.165, 1.54) is 16.7 Å². The van der Waals surface area contributed by atoms with Crippen molar-refractivity contribution in [3.05, 3.63) is 93.3 Å². The van der Waals surface area contributed by atoms with Crippen LogP contribution in [0.4, 0.5) is 5.69 Å². The fourth-order valence-corrected chi connectivity index (χ4v) is 4.91. The fraction of sp³-hybridized carbons (Fsp3) is 0.120. The molecule has 3 aromatic carbocycles. The summed E-state index contributed by atoms with van der Waals surface area (Å²) in [5.41, 5.74) is 3.67. The van der Waals surface area contributed by atoms with Crippen molar-refractivity contribution < 1.29 is 14.3 Å². The number of thioether (sulfide) groups is 1. The largest absolute Gasteiger partial charge is 0.493 e. The monoisotopic (exact) mass is 481 g/mol. The van der Waals surface area contributed by atoms with Crippen molar-refractivity contribution in [2.24, 2.45) is 0 Å². The van der Waals surface area contributed by atoms with Crippen LogP contribution in [0.2, 0.25) is 5.02 Å². The third-order valence-corrected chi connectivity index (χ3v) is 6.41. The smallest absolute Gasteiger partial charge is 0.270 e. The summed E-state index contributed by atoms with van der Waals surface area (Å²) in [6, 6.07) is 21.0. The van der Waals surface area contributed by atoms with E-state index >= 15 is 0 Å². The van der Waals surface area contributed by atoms with Crippen molar-refractivity contribution in [3.8, 4) is 11.5 Å². The number of hydrogen-bond donors (Lipinski definition) is 0. The number of carbonyl (C=O) groups is 1. The SMILES string of the molecule is COc1cc(/C=C2/SC(=S)N(c3ccccc3)C2=O)cc(Cl)c1OCc1cccc(C)c1. The number of thiocarbonyl (C=S) groups is 1. The molecule has 4 nitrogen and oxygen atoms in total. The van der Waals surface area contributed by atoms with Crippen molar-refractivity contribution in [2.75, 3.05) is 12.0 Å². The number of halogens is 1. The first-order valence-electron chi connectivity index (χ1n) is 9.85. The quantitative estimate of drug-likeness (QED) is 0.291. The minimum atomic E-state index is -0.166. The highest BCUT2D eigenvalue weighted by Gasteiger charge is 2.33. The van der Waals surface area contributed by atoms with Crippen LogP contribution >= 0.6 is 35.6 Å². The Labute approximate surface area is 201 Å². The van der Waals surface area contributed by atoms with Gasteiger partial charge < -0.3 is 9.47 Å². The Bertz CT molecular complexity index is 1210. The Hall–Kier alpha value is -2.80. The second-order valence-corrected chi connectivity index (χ2v) is 9.25. The number of ether oxygens (including phenoxy) is 2. The molecule has 0 spiro atoms. The molecular weight excluding hydrogens is 462 g/mol. The average molecular weight is 482 g/mol. The van der Waals surface area contributed by atoms with Gasteiger partial charge in [0.05, 0.1) is 22.7 Å². The summed E-state index contributed by atoms with van der Waals surface area (Å²) in [5.74, 6) is 0.792. The second kappa shape index (κ2) is 9.77. The lowest BCUT2D eigenvalue weighted by atomic mass is 10.1. The molecule has 0 N–H and O–H groups in total. The van der Waals surface area contributed by atoms with E-state index in [4.69, 9.17) is 33.3 Å². The number of hydrogen-bond acceptors (Lipinski definition) is 5. The molecule has 0 saturated carbocycles. The number of rotatable bonds is 6. The molecule has 0 bridgehead atoms. The summed E-state index contributed by atoms with van der Waals surface area (Å²) < 4.78 is 12.0. The van der Waals surface area contributed by atoms with Crippen molar-refractivity contribution in [1.82, 2.24) is 0 Å². The normalized spacial score (nSPS) is 14.8. The van der Waals surface area contributed by atoms with Crippen LogP contribution in [0.5, 0.6) is 11.5 Å². The molecule has 1 aliphatic heterocycles. The summed E-state index contributed by atoms with van der Waals surface area (Å²) in [6.07, 6.45) is 1.76. The van der Waals surface area contributed by atoms with Crippen molar-refractivity contribution in [3.63, 3.8) is 0 Å². The molecule has 0 atom stereocenters. The molecule has 3 aromatic rings. The maximum absolute atomic E-state index is 13.0. The number of para-hydroxylation sites is 1. The van der Waals surface area contributed by atoms with Crippen molar-refractivity contribution in [2.45, 2.75) is 13.5 Å². The highest BCUT2D eigenvalue weighted by molar-refractivity contribution is 8.27. The number of anilines is 1. The molecule has 1 fully saturated rings. The van der Waals surface area contributed by atoms with Crippen LogP contribution in [0.3, 0.4) is 0 Å². The number of aryl methyl sites for hydroxylation is 1. The molecule has 7 heteroatoms. The molecule has 0 radical (unpaired) electrons. The Morgan fingerprint density at radius 3 is 2.59 bits per heavy atom. The van der Waals surface area contributed by atoms with Crippen molar-refractivity contribution in [1.29, 1.82) is 0 Å². The van der Waals surface area contributed by atoms with Crippen LogP contribution < -0.4 is 14.4 Å². The third kappa shape index (κ3) is 4.83. The molecule has 4 rings (SSSR count). The van der Waals surface area contributed by atoms with Gasteiger partial charge in [-0.05, 0) is 48.4 Å². The Morgan fingerprint density at radius 1 is 1.09 bits per heavy atom. The number of amides is 1. The van der Waals surface area contributed by atoms with Crippen LogP contribution in [0, 0.1) is 6.92 Å². The minimum Gasteiger partial charge on any atom is -0.493 e. The van der Waals surface area contributed by atoms with Gasteiger partial charge in [-0.1, -0.05) is 83.6 Å². The number of methoxy groups -OCH3 is 1. The van der Waals surface area contributed by atoms with Crippen LogP contribution in [0.1, 0.15) is 16.7 Å². The van der Waals surface area contributed by atoms with Gasteiger partial charge in [0.15, 0.2) is 15.8 Å². The molecule has 1 saturated heterocycles. The van der Waals surface area contributed by atoms with Crippen molar-refractivity contribution >= 4 is 57.6 Å². The lowest BCUT2D eigenvalue weighted by Crippen LogP contribution is -2.27. The minimum absolute atomic E-state index is 0.166. The van der Waals surface area contributed by atoms with Gasteiger partial charge in [0.2, 0.25) is 0 Å². The van der Waals surface area contributed by atoms with Crippen LogP contribution in [-0.4, -0.2) is 17.3 Å². The van der Waals surface area contributed by atoms with Gasteiger partial charge in [0.25, 0.3) is 5.91 Å². The standard InChI is InChI=1S/C25H20ClNO3S2/c1-16-7-6-8-17(11-16)15-30-23-20(26)12-18(13-21(23)29-2)14-22-24(28)27(25(31)32-22)19-9-4-3-5-10-19/h3-14H,15H2,1-2H3/b22-14+. The van der Waals surface area contributed by atoms with Gasteiger partial charge in [-0.3, -0.25) is 9.69 Å². The Kier molecular flexibility index (Phi) is 6.84. The third-order valence-electron chi connectivity index (χ3n) is 4.82. The van der Waals surface area contributed by atoms with E-state index in [2.05, 4.69) is 6.07 Å². The first kappa shape index (κ1) is 22.4. The molecule has 1 aliphatic rings. The van der Waals surface area contributed by atoms with E-state index in [-0.39, 0.29) is 5.91 Å². The Balaban J connectivity index is 1.58. The van der Waals surface area contributed by atoms with Gasteiger partial charge in [-0.25, -0.2) is 0 Å². The number of nitrogens with zero attached hydrogens (tertiary/aromatic N) is 1. The zero-order valence-corrected chi connectivity index (χ0v) is 19.9. The molecule has 162 valence electrons. The van der Waals surface area contributed by atoms with E-state index in [0.29, 0.717) is 32.4 Å². The molecule has 1 amide bonds. The summed E-state index contributed by atoms with van der Waals surface area (Å²) in [4.78, 5) is 15.0. The highest BCUT2D eigenvalue weighted by atomic mass is 35.5. The van der Waals surface area contributed by atoms with Gasteiger partial charge in [0, 0.05) is 0 Å². The average Bonchev–Trinajstić information content (AvgIpc) is 3.06. The predicted molar refractivity (Wildman–Crippen MR) is 136 cm³/mol. The molecule has 0 aromatic heterocycles. The predicted octanol–water partition coefficient (Wildman–Crippen LogP) is 6.64. The first-order chi connectivity index (χ1) is 15.5. The van der Waals surface area contributed by atoms with Crippen LogP contribution in [-0.2, 0) is 11.4 Å². The summed E-state index contributed by atoms with van der Waals surface area (Å²) >= 11 is 13.2. The summed E-state index contributed by atoms with van der Waals surface area (Å²) in [6.45, 7) is 2.40. The van der Waals surface area contributed by atoms with Crippen LogP contribution in [0.15, 0.2) is 71.6 Å². The molecular formula is C25H20ClNO3S2. The second-order valence-electron chi connectivity index (χ2n) is 7.16. The first-order valence-corrected chi connectivity index (χ1v) is 11.5. The maximum atomic E-state index is 13.0. The number of benzene rings is 3. The van der Waals surface area contributed by atoms with Gasteiger partial charge in [-0.15, -0.1) is 0 Å². The van der Waals surface area contributed by atoms with E-state index in [1.807, 2.05) is 55.5 Å². The lowest BCUT2D eigenvalue weighted by molar-refractivity contribution is -0.113. The highest BCUT2D eigenvalue weighted by Crippen LogP contribution is 2.40. The van der Waals surface area contributed by atoms with Gasteiger partial charge >= 0.3 is 0 Å². The zero-order chi connectivity index (χ0) is 22.7. The topological polar surface area (TPSA) is 38.8 Å². The fourth-order valence-electron chi connectivity index (χ4n) is 3.34. The summed E-state index contributed by atoms with van der Waals surface area (Å²) in [5, 5.41) is 0.404. The Morgan fingerprint density at radius 2 is 1.88 bits per heavy atom. The lowest BCUT2D eigenvalue weighted by Gasteiger charge is -2.14. The van der Waals surface area contributed by atoms with Gasteiger partial charge in [-0.2, -0.15) is 0 Å². The zero-order valence-electron chi connectivity index (χ0n) is 17.5. The van der Waals surface area contributed by atoms with E-state index in [9.17, 15) is 4.79 Å². The molecule has 0 aliphatic carbocycles. The number of carbonyl (C=O) groups excluding carboxylic acids is 1. The van der Waals surface area contributed by atoms with Crippen LogP contribution in [0.25, 0.3) is 6.08 Å². The van der Waals surface area contributed by atoms with Gasteiger partial charge in [0.1, 0.15) is 6.61 Å².